The zero-order valence-corrected chi connectivity index (χ0v) is 24.2. The van der Waals surface area contributed by atoms with Gasteiger partial charge in [0.05, 0.1) is 25.5 Å². The van der Waals surface area contributed by atoms with Crippen molar-refractivity contribution in [2.45, 2.75) is 65.2 Å². The van der Waals surface area contributed by atoms with E-state index in [1.807, 2.05) is 44.6 Å². The van der Waals surface area contributed by atoms with Crippen LogP contribution in [-0.4, -0.2) is 48.4 Å². The third-order valence-electron chi connectivity index (χ3n) is 6.26. The van der Waals surface area contributed by atoms with E-state index in [2.05, 4.69) is 5.32 Å². The number of amides is 1. The first-order valence-corrected chi connectivity index (χ1v) is 15.1. The van der Waals surface area contributed by atoms with E-state index in [1.54, 1.807) is 48.2 Å². The average molecular weight is 544 g/mol. The lowest BCUT2D eigenvalue weighted by Gasteiger charge is -2.28. The smallest absolute Gasteiger partial charge is 0.306 e. The number of Topliss-reactive ketones (excluding diaryl/α,β-unsaturated/α-hetero) is 1. The lowest BCUT2D eigenvalue weighted by molar-refractivity contribution is -0.148. The maximum atomic E-state index is 12.8. The molecule has 0 heterocycles. The van der Waals surface area contributed by atoms with Gasteiger partial charge in [-0.05, 0) is 56.7 Å². The summed E-state index contributed by atoms with van der Waals surface area (Å²) < 4.78 is 5.26. The van der Waals surface area contributed by atoms with Crippen LogP contribution in [0.4, 0.5) is 0 Å². The van der Waals surface area contributed by atoms with E-state index < -0.39 is 5.92 Å². The number of unbranched alkanes of at least 4 members (excludes halogenated alkanes) is 1. The van der Waals surface area contributed by atoms with E-state index in [9.17, 15) is 14.4 Å². The number of phenolic OH excluding ortho intramolecular Hbond substituents is 1. The van der Waals surface area contributed by atoms with Crippen LogP contribution in [0.2, 0.25) is 0 Å². The van der Waals surface area contributed by atoms with Crippen molar-refractivity contribution in [1.82, 2.24) is 5.32 Å². The molecule has 0 bridgehead atoms. The summed E-state index contributed by atoms with van der Waals surface area (Å²) in [4.78, 5) is 37.2. The number of hydrogen-bond acceptors (Lipinski definition) is 6. The average Bonchev–Trinajstić information content (AvgIpc) is 2.94. The normalized spacial score (nSPS) is 13.6. The minimum Gasteiger partial charge on any atom is -0.508 e. The molecule has 6 nitrogen and oxygen atoms in total. The molecule has 0 saturated heterocycles. The van der Waals surface area contributed by atoms with Crippen molar-refractivity contribution in [1.29, 1.82) is 0 Å². The molecule has 1 saturated carbocycles. The molecule has 0 aromatic heterocycles. The molecule has 1 unspecified atom stereocenters. The number of rotatable bonds is 10. The molecule has 0 spiro atoms. The van der Waals surface area contributed by atoms with E-state index in [0.717, 1.165) is 38.5 Å². The van der Waals surface area contributed by atoms with Crippen molar-refractivity contribution in [2.24, 2.45) is 11.8 Å². The molecule has 1 aliphatic carbocycles. The topological polar surface area (TPSA) is 92.7 Å². The molecule has 1 fully saturated rings. The molecule has 2 aromatic carbocycles. The van der Waals surface area contributed by atoms with Crippen molar-refractivity contribution in [3.8, 4) is 5.75 Å². The van der Waals surface area contributed by atoms with Gasteiger partial charge in [0.1, 0.15) is 5.75 Å². The standard InChI is InChI=1S/C22H31NO4.C7H8O.C2H6S/c1-2-3-14-27-21(25)15-19(17-10-6-4-7-11-17)22(26)23-16-20(24)18-12-8-5-9-13-18;1-6-2-4-7(8)5-3-6;1-3-2/h5,8-9,12-13,17,19H,2-4,6-7,10-11,14-16H2,1H3,(H,23,26);2-5,8H,1H3;1-2H3. The summed E-state index contributed by atoms with van der Waals surface area (Å²) in [5.74, 6) is -0.554. The molecule has 2 aromatic rings. The van der Waals surface area contributed by atoms with Gasteiger partial charge >= 0.3 is 5.97 Å². The van der Waals surface area contributed by atoms with Crippen LogP contribution >= 0.6 is 11.8 Å². The van der Waals surface area contributed by atoms with Gasteiger partial charge in [0.2, 0.25) is 5.91 Å². The summed E-state index contributed by atoms with van der Waals surface area (Å²) in [6.07, 6.45) is 11.2. The van der Waals surface area contributed by atoms with E-state index >= 15 is 0 Å². The fourth-order valence-electron chi connectivity index (χ4n) is 4.15. The van der Waals surface area contributed by atoms with Crippen LogP contribution in [0.25, 0.3) is 0 Å². The molecule has 1 amide bonds. The van der Waals surface area contributed by atoms with Gasteiger partial charge in [-0.1, -0.05) is 80.6 Å². The molecule has 0 radical (unpaired) electrons. The Labute approximate surface area is 232 Å². The maximum absolute atomic E-state index is 12.8. The molecule has 2 N–H and O–H groups in total. The van der Waals surface area contributed by atoms with Crippen LogP contribution < -0.4 is 5.32 Å². The van der Waals surface area contributed by atoms with Crippen molar-refractivity contribution in [3.05, 3.63) is 65.7 Å². The predicted molar refractivity (Wildman–Crippen MR) is 157 cm³/mol. The van der Waals surface area contributed by atoms with Crippen LogP contribution in [0, 0.1) is 18.8 Å². The quantitative estimate of drug-likeness (QED) is 0.199. The number of benzene rings is 2. The summed E-state index contributed by atoms with van der Waals surface area (Å²) in [5.41, 5.74) is 1.74. The van der Waals surface area contributed by atoms with Gasteiger partial charge in [0.15, 0.2) is 5.78 Å². The molecule has 210 valence electrons. The number of ether oxygens (including phenoxy) is 1. The first-order valence-electron chi connectivity index (χ1n) is 13.5. The van der Waals surface area contributed by atoms with Crippen molar-refractivity contribution < 1.29 is 24.2 Å². The van der Waals surface area contributed by atoms with Crippen LogP contribution in [0.1, 0.15) is 74.2 Å². The second-order valence-corrected chi connectivity index (χ2v) is 10.4. The van der Waals surface area contributed by atoms with Gasteiger partial charge < -0.3 is 15.2 Å². The highest BCUT2D eigenvalue weighted by Crippen LogP contribution is 2.32. The fraction of sp³-hybridized carbons (Fsp3) is 0.516. The number of thioether (sulfide) groups is 1. The van der Waals surface area contributed by atoms with Gasteiger partial charge in [-0.15, -0.1) is 0 Å². The second-order valence-electron chi connectivity index (χ2n) is 9.53. The molecule has 0 aliphatic heterocycles. The number of carbonyl (C=O) groups excluding carboxylic acids is 3. The number of phenols is 1. The highest BCUT2D eigenvalue weighted by Gasteiger charge is 2.32. The summed E-state index contributed by atoms with van der Waals surface area (Å²) in [5, 5.41) is 11.5. The molecular formula is C31H45NO5S. The number of esters is 1. The maximum Gasteiger partial charge on any atom is 0.306 e. The van der Waals surface area contributed by atoms with Gasteiger partial charge in [-0.2, -0.15) is 11.8 Å². The molecule has 1 aliphatic rings. The summed E-state index contributed by atoms with van der Waals surface area (Å²) >= 11 is 1.75. The van der Waals surface area contributed by atoms with Gasteiger partial charge in [0, 0.05) is 5.56 Å². The number of ketones is 1. The van der Waals surface area contributed by atoms with Crippen LogP contribution in [0.15, 0.2) is 54.6 Å². The Hall–Kier alpha value is -2.80. The summed E-state index contributed by atoms with van der Waals surface area (Å²) in [6, 6.07) is 16.0. The number of aromatic hydroxyl groups is 1. The summed E-state index contributed by atoms with van der Waals surface area (Å²) in [6.45, 7) is 4.38. The first kappa shape index (κ1) is 33.2. The zero-order chi connectivity index (χ0) is 28.2. The van der Waals surface area contributed by atoms with Crippen LogP contribution in [0.3, 0.4) is 0 Å². The van der Waals surface area contributed by atoms with Gasteiger partial charge in [-0.3, -0.25) is 14.4 Å². The Morgan fingerprint density at radius 1 is 1.00 bits per heavy atom. The van der Waals surface area contributed by atoms with E-state index in [4.69, 9.17) is 9.84 Å². The molecule has 1 atom stereocenters. The minimum atomic E-state index is -0.414. The van der Waals surface area contributed by atoms with Crippen LogP contribution in [0.5, 0.6) is 5.75 Å². The predicted octanol–water partition coefficient (Wildman–Crippen LogP) is 6.60. The van der Waals surface area contributed by atoms with E-state index in [1.165, 1.54) is 12.0 Å². The van der Waals surface area contributed by atoms with Gasteiger partial charge in [-0.25, -0.2) is 0 Å². The molecule has 38 heavy (non-hydrogen) atoms. The molecule has 7 heteroatoms. The fourth-order valence-corrected chi connectivity index (χ4v) is 4.15. The summed E-state index contributed by atoms with van der Waals surface area (Å²) in [7, 11) is 0. The number of carbonyl (C=O) groups is 3. The Morgan fingerprint density at radius 3 is 2.16 bits per heavy atom. The number of nitrogens with one attached hydrogen (secondary N) is 1. The van der Waals surface area contributed by atoms with E-state index in [0.29, 0.717) is 17.9 Å². The number of hydrogen-bond donors (Lipinski definition) is 2. The highest BCUT2D eigenvalue weighted by atomic mass is 32.2. The van der Waals surface area contributed by atoms with Gasteiger partial charge in [0.25, 0.3) is 0 Å². The third-order valence-corrected chi connectivity index (χ3v) is 6.26. The monoisotopic (exact) mass is 543 g/mol. The second kappa shape index (κ2) is 20.2. The Bertz CT molecular complexity index is 906. The lowest BCUT2D eigenvalue weighted by atomic mass is 9.78. The minimum absolute atomic E-state index is 0.0447. The lowest BCUT2D eigenvalue weighted by Crippen LogP contribution is -2.39. The van der Waals surface area contributed by atoms with Crippen molar-refractivity contribution in [2.75, 3.05) is 25.7 Å². The SMILES string of the molecule is CCCCOC(=O)CC(C(=O)NCC(=O)c1ccccc1)C1CCCCC1.CSC.Cc1ccc(O)cc1. The highest BCUT2D eigenvalue weighted by molar-refractivity contribution is 7.97. The van der Waals surface area contributed by atoms with E-state index in [-0.39, 0.29) is 36.5 Å². The van der Waals surface area contributed by atoms with Crippen molar-refractivity contribution >= 4 is 29.4 Å². The Morgan fingerprint density at radius 2 is 1.61 bits per heavy atom. The zero-order valence-electron chi connectivity index (χ0n) is 23.4. The Kier molecular flexibility index (Phi) is 17.7. The molecule has 3 rings (SSSR count). The third kappa shape index (κ3) is 14.2. The first-order chi connectivity index (χ1) is 18.3. The van der Waals surface area contributed by atoms with Crippen molar-refractivity contribution in [3.63, 3.8) is 0 Å². The van der Waals surface area contributed by atoms with Crippen LogP contribution in [-0.2, 0) is 14.3 Å². The molecular weight excluding hydrogens is 498 g/mol. The number of aryl methyl sites for hydroxylation is 1. The Balaban J connectivity index is 0.000000545. The largest absolute Gasteiger partial charge is 0.508 e.